The molecule has 4 nitrogen and oxygen atoms in total. The maximum Gasteiger partial charge on any atom is 0.237 e. The average molecular weight is 394 g/mol. The van der Waals surface area contributed by atoms with E-state index < -0.39 is 28.5 Å². The van der Waals surface area contributed by atoms with Crippen LogP contribution < -0.4 is 5.32 Å². The van der Waals surface area contributed by atoms with Gasteiger partial charge in [-0.2, -0.15) is 0 Å². The lowest BCUT2D eigenvalue weighted by atomic mass is 10.3. The molecule has 0 saturated heterocycles. The number of hydrogen-bond donors (Lipinski definition) is 1. The fourth-order valence-corrected chi connectivity index (χ4v) is 3.24. The van der Waals surface area contributed by atoms with Gasteiger partial charge in [-0.25, -0.2) is 13.8 Å². The van der Waals surface area contributed by atoms with Crippen LogP contribution in [0, 0.1) is 11.6 Å². The zero-order chi connectivity index (χ0) is 18.7. The Morgan fingerprint density at radius 2 is 1.85 bits per heavy atom. The van der Waals surface area contributed by atoms with Crippen LogP contribution in [0.5, 0.6) is 0 Å². The highest BCUT2D eigenvalue weighted by molar-refractivity contribution is 8.00. The van der Waals surface area contributed by atoms with Gasteiger partial charge in [-0.15, -0.1) is 0 Å². The summed E-state index contributed by atoms with van der Waals surface area (Å²) >= 11 is 7.07. The van der Waals surface area contributed by atoms with E-state index in [4.69, 9.17) is 11.6 Å². The summed E-state index contributed by atoms with van der Waals surface area (Å²) in [4.78, 5) is 16.6. The first-order valence-corrected chi connectivity index (χ1v) is 8.92. The molecular formula is C18H14ClF2N3OS. The number of rotatable bonds is 5. The summed E-state index contributed by atoms with van der Waals surface area (Å²) < 4.78 is 29.2. The van der Waals surface area contributed by atoms with Crippen LogP contribution in [0.4, 0.5) is 14.5 Å². The smallest absolute Gasteiger partial charge is 0.237 e. The summed E-state index contributed by atoms with van der Waals surface area (Å²) in [5.41, 5.74) is 0.383. The lowest BCUT2D eigenvalue weighted by Crippen LogP contribution is -2.24. The molecule has 134 valence electrons. The first-order valence-electron chi connectivity index (χ1n) is 7.66. The van der Waals surface area contributed by atoms with Crippen molar-refractivity contribution in [3.63, 3.8) is 0 Å². The van der Waals surface area contributed by atoms with Gasteiger partial charge in [0, 0.05) is 23.1 Å². The van der Waals surface area contributed by atoms with Gasteiger partial charge in [0.25, 0.3) is 0 Å². The van der Waals surface area contributed by atoms with Crippen molar-refractivity contribution in [1.29, 1.82) is 0 Å². The SMILES string of the molecule is C[C@H](Sc1nccn1-c1ccc(Cl)cc1)C(=O)Nc1c(F)cccc1F. The van der Waals surface area contributed by atoms with Crippen LogP contribution in [0.25, 0.3) is 5.69 Å². The fourth-order valence-electron chi connectivity index (χ4n) is 2.23. The number of anilines is 1. The molecule has 0 unspecified atom stereocenters. The minimum Gasteiger partial charge on any atom is -0.320 e. The van der Waals surface area contributed by atoms with Crippen molar-refractivity contribution in [2.24, 2.45) is 0 Å². The maximum absolute atomic E-state index is 13.7. The first-order chi connectivity index (χ1) is 12.5. The molecule has 1 aromatic heterocycles. The predicted octanol–water partition coefficient (Wildman–Crippen LogP) is 4.92. The largest absolute Gasteiger partial charge is 0.320 e. The van der Waals surface area contributed by atoms with Crippen molar-refractivity contribution >= 4 is 35.0 Å². The molecule has 1 atom stereocenters. The Labute approximate surface area is 158 Å². The minimum atomic E-state index is -0.821. The summed E-state index contributed by atoms with van der Waals surface area (Å²) in [6.07, 6.45) is 3.37. The van der Waals surface area contributed by atoms with E-state index in [1.54, 1.807) is 36.0 Å². The number of hydrogen-bond acceptors (Lipinski definition) is 3. The van der Waals surface area contributed by atoms with Gasteiger partial charge in [0.15, 0.2) is 5.16 Å². The number of nitrogens with zero attached hydrogens (tertiary/aromatic N) is 2. The summed E-state index contributed by atoms with van der Waals surface area (Å²) in [7, 11) is 0. The summed E-state index contributed by atoms with van der Waals surface area (Å²) in [5, 5.41) is 2.86. The number of nitrogens with one attached hydrogen (secondary N) is 1. The molecule has 0 aliphatic carbocycles. The van der Waals surface area contributed by atoms with Crippen LogP contribution in [-0.4, -0.2) is 20.7 Å². The molecule has 3 rings (SSSR count). The molecule has 8 heteroatoms. The summed E-state index contributed by atoms with van der Waals surface area (Å²) in [6, 6.07) is 10.6. The highest BCUT2D eigenvalue weighted by atomic mass is 35.5. The van der Waals surface area contributed by atoms with Gasteiger partial charge in [0.05, 0.1) is 5.25 Å². The van der Waals surface area contributed by atoms with E-state index in [9.17, 15) is 13.6 Å². The van der Waals surface area contributed by atoms with Gasteiger partial charge in [-0.1, -0.05) is 29.4 Å². The maximum atomic E-state index is 13.7. The second-order valence-corrected chi connectivity index (χ2v) is 7.15. The molecule has 3 aromatic rings. The molecule has 1 N–H and O–H groups in total. The van der Waals surface area contributed by atoms with Gasteiger partial charge >= 0.3 is 0 Å². The molecule has 0 aliphatic rings. The van der Waals surface area contributed by atoms with Crippen LogP contribution in [-0.2, 0) is 4.79 Å². The van der Waals surface area contributed by atoms with Crippen LogP contribution in [0.1, 0.15) is 6.92 Å². The molecule has 0 spiro atoms. The Morgan fingerprint density at radius 3 is 2.50 bits per heavy atom. The number of imidazole rings is 1. The van der Waals surface area contributed by atoms with Crippen molar-refractivity contribution in [3.8, 4) is 5.69 Å². The Morgan fingerprint density at radius 1 is 1.19 bits per heavy atom. The number of thioether (sulfide) groups is 1. The van der Waals surface area contributed by atoms with Crippen molar-refractivity contribution in [3.05, 3.63) is 71.5 Å². The van der Waals surface area contributed by atoms with E-state index in [1.807, 2.05) is 12.1 Å². The molecule has 26 heavy (non-hydrogen) atoms. The molecule has 0 fully saturated rings. The lowest BCUT2D eigenvalue weighted by molar-refractivity contribution is -0.115. The highest BCUT2D eigenvalue weighted by Crippen LogP contribution is 2.27. The number of carbonyl (C=O) groups excluding carboxylic acids is 1. The normalized spacial score (nSPS) is 12.0. The van der Waals surface area contributed by atoms with E-state index in [0.29, 0.717) is 10.2 Å². The van der Waals surface area contributed by atoms with E-state index in [1.165, 1.54) is 17.8 Å². The van der Waals surface area contributed by atoms with Gasteiger partial charge < -0.3 is 5.32 Å². The highest BCUT2D eigenvalue weighted by Gasteiger charge is 2.20. The van der Waals surface area contributed by atoms with Gasteiger partial charge in [-0.3, -0.25) is 9.36 Å². The average Bonchev–Trinajstić information content (AvgIpc) is 3.07. The molecule has 1 amide bonds. The Kier molecular flexibility index (Phi) is 5.58. The number of para-hydroxylation sites is 1. The molecule has 0 bridgehead atoms. The lowest BCUT2D eigenvalue weighted by Gasteiger charge is -2.14. The molecular weight excluding hydrogens is 380 g/mol. The van der Waals surface area contributed by atoms with E-state index in [-0.39, 0.29) is 0 Å². The monoisotopic (exact) mass is 393 g/mol. The third-order valence-corrected chi connectivity index (χ3v) is 4.91. The summed E-state index contributed by atoms with van der Waals surface area (Å²) in [6.45, 7) is 1.64. The number of halogens is 3. The number of carbonyl (C=O) groups is 1. The minimum absolute atomic E-state index is 0.453. The first kappa shape index (κ1) is 18.4. The Balaban J connectivity index is 1.74. The molecule has 1 heterocycles. The van der Waals surface area contributed by atoms with Crippen LogP contribution >= 0.6 is 23.4 Å². The van der Waals surface area contributed by atoms with Gasteiger partial charge in [0.1, 0.15) is 17.3 Å². The quantitative estimate of drug-likeness (QED) is 0.625. The summed E-state index contributed by atoms with van der Waals surface area (Å²) in [5.74, 6) is -2.17. The van der Waals surface area contributed by atoms with E-state index >= 15 is 0 Å². The third kappa shape index (κ3) is 4.05. The van der Waals surface area contributed by atoms with Crippen LogP contribution in [0.15, 0.2) is 60.0 Å². The van der Waals surface area contributed by atoms with E-state index in [2.05, 4.69) is 10.3 Å². The zero-order valence-electron chi connectivity index (χ0n) is 13.6. The number of amides is 1. The van der Waals surface area contributed by atoms with Crippen LogP contribution in [0.3, 0.4) is 0 Å². The molecule has 0 radical (unpaired) electrons. The van der Waals surface area contributed by atoms with Crippen molar-refractivity contribution in [1.82, 2.24) is 9.55 Å². The second-order valence-electron chi connectivity index (χ2n) is 5.40. The molecule has 0 saturated carbocycles. The number of aromatic nitrogens is 2. The topological polar surface area (TPSA) is 46.9 Å². The van der Waals surface area contributed by atoms with E-state index in [0.717, 1.165) is 17.8 Å². The third-order valence-electron chi connectivity index (χ3n) is 3.57. The van der Waals surface area contributed by atoms with Crippen molar-refractivity contribution in [2.75, 3.05) is 5.32 Å². The standard InChI is InChI=1S/C18H14ClF2N3OS/c1-11(17(25)23-16-14(20)3-2-4-15(16)21)26-18-22-9-10-24(18)13-7-5-12(19)6-8-13/h2-11H,1H3,(H,23,25)/t11-/m0/s1. The predicted molar refractivity (Wildman–Crippen MR) is 98.9 cm³/mol. The Hall–Kier alpha value is -2.38. The van der Waals surface area contributed by atoms with Crippen LogP contribution in [0.2, 0.25) is 5.02 Å². The number of benzene rings is 2. The van der Waals surface area contributed by atoms with Gasteiger partial charge in [-0.05, 0) is 43.3 Å². The van der Waals surface area contributed by atoms with Gasteiger partial charge in [0.2, 0.25) is 5.91 Å². The second kappa shape index (κ2) is 7.88. The fraction of sp³-hybridized carbons (Fsp3) is 0.111. The van der Waals surface area contributed by atoms with Crippen molar-refractivity contribution < 1.29 is 13.6 Å². The molecule has 2 aromatic carbocycles. The van der Waals surface area contributed by atoms with Crippen molar-refractivity contribution in [2.45, 2.75) is 17.3 Å². The Bertz CT molecular complexity index is 910. The zero-order valence-corrected chi connectivity index (χ0v) is 15.2. The molecule has 0 aliphatic heterocycles.